The van der Waals surface area contributed by atoms with Crippen molar-refractivity contribution in [2.75, 3.05) is 28.4 Å². The predicted octanol–water partition coefficient (Wildman–Crippen LogP) is 7.01. The number of rotatable bonds is 9. The molecular weight excluding hydrogens is 681 g/mol. The van der Waals surface area contributed by atoms with E-state index in [1.54, 1.807) is 52.7 Å². The van der Waals surface area contributed by atoms with Crippen LogP contribution in [0.3, 0.4) is 0 Å². The number of imide groups is 1. The van der Waals surface area contributed by atoms with E-state index in [1.807, 2.05) is 72.8 Å². The predicted molar refractivity (Wildman–Crippen MR) is 182 cm³/mol. The average Bonchev–Trinajstić information content (AvgIpc) is 3.43. The van der Waals surface area contributed by atoms with E-state index in [0.717, 1.165) is 28.2 Å². The van der Waals surface area contributed by atoms with Crippen LogP contribution in [-0.2, 0) is 15.1 Å². The maximum atomic E-state index is 13.5. The number of hydrogen-bond donors (Lipinski definition) is 0. The van der Waals surface area contributed by atoms with Gasteiger partial charge in [0.2, 0.25) is 11.8 Å². The maximum Gasteiger partial charge on any atom is 0.231 e. The first kappa shape index (κ1) is 31.7. The van der Waals surface area contributed by atoms with Crippen LogP contribution in [0.2, 0.25) is 0 Å². The zero-order chi connectivity index (χ0) is 32.0. The van der Waals surface area contributed by atoms with Crippen molar-refractivity contribution in [3.8, 4) is 34.8 Å². The van der Waals surface area contributed by atoms with Crippen LogP contribution in [0.1, 0.15) is 35.1 Å². The van der Waals surface area contributed by atoms with Crippen LogP contribution in [0.25, 0.3) is 5.57 Å². The molecule has 45 heavy (non-hydrogen) atoms. The van der Waals surface area contributed by atoms with E-state index in [1.165, 1.54) is 4.90 Å². The first-order chi connectivity index (χ1) is 21.8. The number of hydrogen-bond acceptors (Lipinski definition) is 6. The van der Waals surface area contributed by atoms with E-state index in [0.29, 0.717) is 26.2 Å². The van der Waals surface area contributed by atoms with Crippen molar-refractivity contribution in [2.24, 2.45) is 0 Å². The Kier molecular flexibility index (Phi) is 9.79. The summed E-state index contributed by atoms with van der Waals surface area (Å²) in [6.07, 6.45) is 0.231. The second kappa shape index (κ2) is 13.9. The number of allylic oxidation sites excluding steroid dienone is 1. The largest absolute Gasteiger partial charge is 0.497 e. The molecule has 1 heterocycles. The van der Waals surface area contributed by atoms with Gasteiger partial charge >= 0.3 is 0 Å². The summed E-state index contributed by atoms with van der Waals surface area (Å²) in [6.45, 7) is 0. The second-order valence-corrected chi connectivity index (χ2v) is 11.3. The zero-order valence-corrected chi connectivity index (χ0v) is 27.6. The topological polar surface area (TPSA) is 74.3 Å². The fraction of sp³-hybridized carbons (Fsp3) is 0.189. The Morgan fingerprint density at radius 2 is 0.933 bits per heavy atom. The molecule has 0 aromatic heterocycles. The van der Waals surface area contributed by atoms with Crippen molar-refractivity contribution in [2.45, 2.75) is 18.4 Å². The van der Waals surface area contributed by atoms with Crippen molar-refractivity contribution >= 4 is 40.0 Å². The zero-order valence-electron chi connectivity index (χ0n) is 25.4. The number of methoxy groups -OCH3 is 4. The lowest BCUT2D eigenvalue weighted by atomic mass is 9.81. The highest BCUT2D eigenvalue weighted by Gasteiger charge is 2.48. The van der Waals surface area contributed by atoms with Gasteiger partial charge < -0.3 is 18.9 Å². The smallest absolute Gasteiger partial charge is 0.231 e. The van der Waals surface area contributed by atoms with E-state index in [-0.39, 0.29) is 24.7 Å². The van der Waals surface area contributed by atoms with Gasteiger partial charge in [-0.3, -0.25) is 14.5 Å². The molecule has 1 fully saturated rings. The Balaban J connectivity index is 1.80. The van der Waals surface area contributed by atoms with Crippen molar-refractivity contribution in [3.05, 3.63) is 123 Å². The Morgan fingerprint density at radius 1 is 0.600 bits per heavy atom. The fourth-order valence-corrected chi connectivity index (χ4v) is 6.14. The summed E-state index contributed by atoms with van der Waals surface area (Å²) in [6, 6.07) is 30.1. The van der Waals surface area contributed by atoms with Crippen molar-refractivity contribution in [1.29, 1.82) is 0 Å². The molecule has 0 saturated carbocycles. The van der Waals surface area contributed by atoms with E-state index >= 15 is 0 Å². The first-order valence-corrected chi connectivity index (χ1v) is 15.3. The summed E-state index contributed by atoms with van der Waals surface area (Å²) in [5.74, 6) is 9.02. The van der Waals surface area contributed by atoms with E-state index < -0.39 is 5.54 Å². The van der Waals surface area contributed by atoms with Gasteiger partial charge in [0.15, 0.2) is 5.54 Å². The molecule has 0 unspecified atom stereocenters. The van der Waals surface area contributed by atoms with Gasteiger partial charge in [-0.2, -0.15) is 0 Å². The summed E-state index contributed by atoms with van der Waals surface area (Å²) < 4.78 is 22.3. The van der Waals surface area contributed by atoms with E-state index in [2.05, 4.69) is 34.4 Å². The Morgan fingerprint density at radius 3 is 1.27 bits per heavy atom. The third-order valence-corrected chi connectivity index (χ3v) is 8.54. The van der Waals surface area contributed by atoms with Crippen LogP contribution >= 0.6 is 22.6 Å². The van der Waals surface area contributed by atoms with Gasteiger partial charge in [-0.05, 0) is 93.4 Å². The number of benzene rings is 4. The second-order valence-electron chi connectivity index (χ2n) is 10.2. The molecule has 0 bridgehead atoms. The minimum absolute atomic E-state index is 0.116. The molecule has 7 nitrogen and oxygen atoms in total. The molecule has 0 spiro atoms. The molecule has 4 aromatic rings. The van der Waals surface area contributed by atoms with Crippen LogP contribution in [0, 0.1) is 11.8 Å². The molecule has 8 heteroatoms. The molecule has 0 radical (unpaired) electrons. The van der Waals surface area contributed by atoms with Crippen molar-refractivity contribution in [3.63, 3.8) is 0 Å². The highest BCUT2D eigenvalue weighted by molar-refractivity contribution is 14.1. The van der Waals surface area contributed by atoms with Crippen LogP contribution < -0.4 is 18.9 Å². The molecule has 1 aliphatic heterocycles. The lowest BCUT2D eigenvalue weighted by Gasteiger charge is -2.37. The molecule has 0 N–H and O–H groups in total. The monoisotopic (exact) mass is 713 g/mol. The Hall–Kier alpha value is -4.75. The van der Waals surface area contributed by atoms with Gasteiger partial charge in [-0.1, -0.05) is 60.4 Å². The van der Waals surface area contributed by atoms with Crippen molar-refractivity contribution in [1.82, 2.24) is 4.90 Å². The fourth-order valence-electron chi connectivity index (χ4n) is 5.38. The molecule has 2 amide bonds. The standard InChI is InChI=1S/C37H32INO6/c1-42-29-13-5-25(6-14-29)36(26-7-15-30(43-2)16-8-26)33(38)23-24-37(39-34(40)21-22-35(39)41,27-9-17-31(44-3)18-10-27)28-11-19-32(45-4)20-12-28/h5-20H,21-22H2,1-4H3. The first-order valence-electron chi connectivity index (χ1n) is 14.2. The van der Waals surface area contributed by atoms with Gasteiger partial charge in [0, 0.05) is 18.4 Å². The molecule has 0 aliphatic carbocycles. The third-order valence-electron chi connectivity index (χ3n) is 7.73. The van der Waals surface area contributed by atoms with Gasteiger partial charge in [0.25, 0.3) is 0 Å². The lowest BCUT2D eigenvalue weighted by Crippen LogP contribution is -2.49. The number of carbonyl (C=O) groups excluding carboxylic acids is 2. The van der Waals surface area contributed by atoms with Crippen LogP contribution in [0.5, 0.6) is 23.0 Å². The quantitative estimate of drug-likeness (QED) is 0.106. The molecule has 4 aromatic carbocycles. The highest BCUT2D eigenvalue weighted by atomic mass is 127. The SMILES string of the molecule is COc1ccc(C(=C(I)C#CC(c2ccc(OC)cc2)(c2ccc(OC)cc2)N2C(=O)CCC2=O)c2ccc(OC)cc2)cc1. The average molecular weight is 714 g/mol. The van der Waals surface area contributed by atoms with Crippen molar-refractivity contribution < 1.29 is 28.5 Å². The number of likely N-dealkylation sites (tertiary alicyclic amines) is 1. The summed E-state index contributed by atoms with van der Waals surface area (Å²) in [4.78, 5) is 28.3. The third kappa shape index (κ3) is 6.40. The molecule has 5 rings (SSSR count). The molecule has 1 aliphatic rings. The number of amides is 2. The number of nitrogens with zero attached hydrogens (tertiary/aromatic N) is 1. The maximum absolute atomic E-state index is 13.5. The molecule has 0 atom stereocenters. The highest BCUT2D eigenvalue weighted by Crippen LogP contribution is 2.41. The van der Waals surface area contributed by atoms with Crippen LogP contribution in [0.4, 0.5) is 0 Å². The molecule has 228 valence electrons. The summed E-state index contributed by atoms with van der Waals surface area (Å²) in [5.41, 5.74) is 2.61. The molecule has 1 saturated heterocycles. The minimum atomic E-state index is -1.43. The normalized spacial score (nSPS) is 12.7. The van der Waals surface area contributed by atoms with E-state index in [4.69, 9.17) is 18.9 Å². The van der Waals surface area contributed by atoms with Gasteiger partial charge in [-0.25, -0.2) is 0 Å². The summed E-state index contributed by atoms with van der Waals surface area (Å²) in [5, 5.41) is 0. The molecular formula is C37H32INO6. The lowest BCUT2D eigenvalue weighted by molar-refractivity contribution is -0.142. The van der Waals surface area contributed by atoms with E-state index in [9.17, 15) is 9.59 Å². The summed E-state index contributed by atoms with van der Waals surface area (Å²) in [7, 11) is 6.44. The van der Waals surface area contributed by atoms with Gasteiger partial charge in [0.05, 0.1) is 32.0 Å². The minimum Gasteiger partial charge on any atom is -0.497 e. The van der Waals surface area contributed by atoms with Crippen LogP contribution in [0.15, 0.2) is 101 Å². The number of ether oxygens (including phenoxy) is 4. The Labute approximate surface area is 276 Å². The summed E-state index contributed by atoms with van der Waals surface area (Å²) >= 11 is 2.24. The Bertz CT molecular complexity index is 1650. The van der Waals surface area contributed by atoms with Gasteiger partial charge in [0.1, 0.15) is 23.0 Å². The number of halogens is 1. The van der Waals surface area contributed by atoms with Crippen LogP contribution in [-0.4, -0.2) is 45.2 Å². The van der Waals surface area contributed by atoms with Gasteiger partial charge in [-0.15, -0.1) is 0 Å². The number of carbonyl (C=O) groups is 2.